The van der Waals surface area contributed by atoms with Gasteiger partial charge in [0.2, 0.25) is 0 Å². The minimum absolute atomic E-state index is 0.0326. The number of benzene rings is 3. The van der Waals surface area contributed by atoms with E-state index in [1.165, 1.54) is 22.3 Å². The van der Waals surface area contributed by atoms with Gasteiger partial charge in [-0.2, -0.15) is 11.8 Å². The Morgan fingerprint density at radius 2 is 1.77 bits per heavy atom. The van der Waals surface area contributed by atoms with Crippen molar-refractivity contribution in [1.29, 1.82) is 0 Å². The third kappa shape index (κ3) is 6.45. The van der Waals surface area contributed by atoms with Crippen molar-refractivity contribution in [2.45, 2.75) is 50.9 Å². The number of imidazole rings is 1. The van der Waals surface area contributed by atoms with Crippen molar-refractivity contribution in [3.63, 3.8) is 0 Å². The van der Waals surface area contributed by atoms with E-state index in [0.717, 1.165) is 46.8 Å². The molecule has 0 saturated heterocycles. The number of aromatic nitrogens is 2. The molecule has 2 atom stereocenters. The van der Waals surface area contributed by atoms with Crippen LogP contribution < -0.4 is 0 Å². The molecule has 0 spiro atoms. The number of thioether (sulfide) groups is 1. The van der Waals surface area contributed by atoms with Gasteiger partial charge < -0.3 is 4.57 Å². The van der Waals surface area contributed by atoms with E-state index in [-0.39, 0.29) is 16.7 Å². The molecule has 206 valence electrons. The standard InChI is InChI=1S/C35H38ClN3S/c1-24-6-16-30(31(36)20-24)27-11-13-28(14-12-27)34-38-32-21-29(35(2,3)4)15-17-33(32)39(34)23-26-9-7-25(8-10-26)22-37-18-19-40-5/h6-17,20-22,30-31H,18-19,23H2,1-5H3. The van der Waals surface area contributed by atoms with Crippen LogP contribution in [0.2, 0.25) is 0 Å². The van der Waals surface area contributed by atoms with Crippen molar-refractivity contribution in [3.05, 3.63) is 113 Å². The highest BCUT2D eigenvalue weighted by Crippen LogP contribution is 2.34. The van der Waals surface area contributed by atoms with E-state index in [2.05, 4.69) is 128 Å². The molecular formula is C35H38ClN3S. The second-order valence-corrected chi connectivity index (χ2v) is 13.1. The highest BCUT2D eigenvalue weighted by molar-refractivity contribution is 7.98. The summed E-state index contributed by atoms with van der Waals surface area (Å²) in [6.07, 6.45) is 10.6. The van der Waals surface area contributed by atoms with Crippen molar-refractivity contribution >= 4 is 40.6 Å². The van der Waals surface area contributed by atoms with Crippen molar-refractivity contribution in [2.75, 3.05) is 18.6 Å². The minimum atomic E-state index is -0.0326. The van der Waals surface area contributed by atoms with Crippen LogP contribution in [0.4, 0.5) is 0 Å². The maximum Gasteiger partial charge on any atom is 0.141 e. The smallest absolute Gasteiger partial charge is 0.141 e. The van der Waals surface area contributed by atoms with Crippen LogP contribution in [0.3, 0.4) is 0 Å². The molecule has 0 amide bonds. The molecule has 1 aromatic heterocycles. The number of fused-ring (bicyclic) bond motifs is 1. The molecule has 5 heteroatoms. The molecule has 1 aliphatic rings. The molecule has 2 unspecified atom stereocenters. The second-order valence-electron chi connectivity index (χ2n) is 11.6. The van der Waals surface area contributed by atoms with Crippen LogP contribution in [0.1, 0.15) is 55.9 Å². The zero-order valence-corrected chi connectivity index (χ0v) is 25.6. The SMILES string of the molecule is CSCCN=Cc1ccc(Cn2c(-c3ccc(C4C=CC(C)=CC4Cl)cc3)nc3cc(C(C)(C)C)ccc32)cc1. The van der Waals surface area contributed by atoms with Gasteiger partial charge in [0.25, 0.3) is 0 Å². The Hall–Kier alpha value is -3.08. The van der Waals surface area contributed by atoms with Gasteiger partial charge in [-0.15, -0.1) is 11.6 Å². The van der Waals surface area contributed by atoms with Gasteiger partial charge in [0, 0.05) is 36.5 Å². The Morgan fingerprint density at radius 1 is 1.02 bits per heavy atom. The van der Waals surface area contributed by atoms with E-state index in [1.807, 2.05) is 18.0 Å². The van der Waals surface area contributed by atoms with E-state index in [4.69, 9.17) is 16.6 Å². The van der Waals surface area contributed by atoms with E-state index < -0.39 is 0 Å². The molecule has 3 aromatic carbocycles. The molecular weight excluding hydrogens is 530 g/mol. The van der Waals surface area contributed by atoms with Crippen molar-refractivity contribution in [2.24, 2.45) is 4.99 Å². The van der Waals surface area contributed by atoms with Crippen LogP contribution in [0, 0.1) is 0 Å². The summed E-state index contributed by atoms with van der Waals surface area (Å²) in [5.41, 5.74) is 9.43. The Bertz CT molecular complexity index is 1550. The van der Waals surface area contributed by atoms with Gasteiger partial charge in [-0.25, -0.2) is 4.98 Å². The summed E-state index contributed by atoms with van der Waals surface area (Å²) in [5, 5.41) is -0.0326. The number of allylic oxidation sites excluding steroid dienone is 4. The summed E-state index contributed by atoms with van der Waals surface area (Å²) >= 11 is 8.51. The van der Waals surface area contributed by atoms with Crippen LogP contribution in [-0.2, 0) is 12.0 Å². The molecule has 1 aliphatic carbocycles. The van der Waals surface area contributed by atoms with Crippen molar-refractivity contribution in [3.8, 4) is 11.4 Å². The lowest BCUT2D eigenvalue weighted by Crippen LogP contribution is -2.11. The van der Waals surface area contributed by atoms with Gasteiger partial charge in [0.1, 0.15) is 5.82 Å². The molecule has 0 radical (unpaired) electrons. The molecule has 0 aliphatic heterocycles. The van der Waals surface area contributed by atoms with Crippen molar-refractivity contribution < 1.29 is 0 Å². The van der Waals surface area contributed by atoms with Crippen molar-refractivity contribution in [1.82, 2.24) is 9.55 Å². The number of hydrogen-bond acceptors (Lipinski definition) is 3. The van der Waals surface area contributed by atoms with Gasteiger partial charge in [-0.05, 0) is 53.0 Å². The number of aliphatic imine (C=N–C) groups is 1. The summed E-state index contributed by atoms with van der Waals surface area (Å²) in [5.74, 6) is 2.20. The molecule has 4 aromatic rings. The highest BCUT2D eigenvalue weighted by atomic mass is 35.5. The fraction of sp³-hybridized carbons (Fsp3) is 0.314. The fourth-order valence-corrected chi connectivity index (χ4v) is 5.82. The zero-order chi connectivity index (χ0) is 28.3. The summed E-state index contributed by atoms with van der Waals surface area (Å²) in [6, 6.07) is 24.2. The lowest BCUT2D eigenvalue weighted by atomic mass is 9.87. The van der Waals surface area contributed by atoms with Gasteiger partial charge in [0.15, 0.2) is 0 Å². The second kappa shape index (κ2) is 12.2. The number of halogens is 1. The summed E-state index contributed by atoms with van der Waals surface area (Å²) < 4.78 is 2.34. The minimum Gasteiger partial charge on any atom is -0.319 e. The molecule has 40 heavy (non-hydrogen) atoms. The van der Waals surface area contributed by atoms with Crippen LogP contribution >= 0.6 is 23.4 Å². The Morgan fingerprint density at radius 3 is 2.45 bits per heavy atom. The van der Waals surface area contributed by atoms with Gasteiger partial charge in [0.05, 0.1) is 16.4 Å². The van der Waals surface area contributed by atoms with E-state index in [1.54, 1.807) is 0 Å². The van der Waals surface area contributed by atoms with Crippen LogP contribution in [-0.4, -0.2) is 39.7 Å². The largest absolute Gasteiger partial charge is 0.319 e. The Labute approximate surface area is 248 Å². The predicted molar refractivity (Wildman–Crippen MR) is 176 cm³/mol. The Kier molecular flexibility index (Phi) is 8.68. The first-order valence-electron chi connectivity index (χ1n) is 13.9. The lowest BCUT2D eigenvalue weighted by Gasteiger charge is -2.21. The fourth-order valence-electron chi connectivity index (χ4n) is 5.10. The topological polar surface area (TPSA) is 30.2 Å². The molecule has 0 N–H and O–H groups in total. The quantitative estimate of drug-likeness (QED) is 0.121. The van der Waals surface area contributed by atoms with Crippen LogP contribution in [0.5, 0.6) is 0 Å². The molecule has 0 fully saturated rings. The summed E-state index contributed by atoms with van der Waals surface area (Å²) in [4.78, 5) is 9.72. The predicted octanol–water partition coefficient (Wildman–Crippen LogP) is 9.04. The van der Waals surface area contributed by atoms with Gasteiger partial charge in [-0.1, -0.05) is 99.2 Å². The van der Waals surface area contributed by atoms with Gasteiger partial charge >= 0.3 is 0 Å². The average molecular weight is 568 g/mol. The lowest BCUT2D eigenvalue weighted by molar-refractivity contribution is 0.591. The van der Waals surface area contributed by atoms with E-state index in [0.29, 0.717) is 0 Å². The third-order valence-corrected chi connectivity index (χ3v) is 8.47. The summed E-state index contributed by atoms with van der Waals surface area (Å²) in [7, 11) is 0. The first-order valence-corrected chi connectivity index (χ1v) is 15.8. The average Bonchev–Trinajstić information content (AvgIpc) is 3.29. The molecule has 1 heterocycles. The number of nitrogens with zero attached hydrogens (tertiary/aromatic N) is 3. The molecule has 3 nitrogen and oxygen atoms in total. The normalized spacial score (nSPS) is 17.6. The monoisotopic (exact) mass is 567 g/mol. The Balaban J connectivity index is 1.49. The first-order chi connectivity index (χ1) is 19.2. The number of rotatable bonds is 8. The van der Waals surface area contributed by atoms with Crippen LogP contribution in [0.25, 0.3) is 22.4 Å². The third-order valence-electron chi connectivity index (χ3n) is 7.48. The maximum atomic E-state index is 6.69. The van der Waals surface area contributed by atoms with Gasteiger partial charge in [-0.3, -0.25) is 4.99 Å². The summed E-state index contributed by atoms with van der Waals surface area (Å²) in [6.45, 7) is 10.4. The maximum absolute atomic E-state index is 6.69. The van der Waals surface area contributed by atoms with Crippen LogP contribution in [0.15, 0.2) is 95.5 Å². The first kappa shape index (κ1) is 28.4. The zero-order valence-electron chi connectivity index (χ0n) is 24.1. The number of hydrogen-bond donors (Lipinski definition) is 0. The molecule has 0 bridgehead atoms. The molecule has 0 saturated carbocycles. The molecule has 5 rings (SSSR count). The highest BCUT2D eigenvalue weighted by Gasteiger charge is 2.21. The van der Waals surface area contributed by atoms with E-state index in [9.17, 15) is 0 Å². The van der Waals surface area contributed by atoms with E-state index >= 15 is 0 Å². The number of alkyl halides is 1.